The van der Waals surface area contributed by atoms with Gasteiger partial charge in [-0.15, -0.1) is 0 Å². The van der Waals surface area contributed by atoms with Crippen molar-refractivity contribution in [2.24, 2.45) is 0 Å². The molecule has 1 aliphatic rings. The van der Waals surface area contributed by atoms with E-state index in [4.69, 9.17) is 0 Å². The van der Waals surface area contributed by atoms with Crippen molar-refractivity contribution in [3.63, 3.8) is 0 Å². The summed E-state index contributed by atoms with van der Waals surface area (Å²) in [5, 5.41) is 2.26. The van der Waals surface area contributed by atoms with Gasteiger partial charge in [-0.2, -0.15) is 0 Å². The fourth-order valence-corrected chi connectivity index (χ4v) is 5.34. The summed E-state index contributed by atoms with van der Waals surface area (Å²) in [6.07, 6.45) is 1.16. The van der Waals surface area contributed by atoms with E-state index < -0.39 is 15.1 Å². The normalized spacial score (nSPS) is 17.1. The number of likely N-dealkylation sites (N-methyl/N-ethyl adjacent to an activating group) is 1. The molecule has 0 aromatic heterocycles. The van der Waals surface area contributed by atoms with Crippen molar-refractivity contribution in [3.8, 4) is 0 Å². The Morgan fingerprint density at radius 3 is 2.33 bits per heavy atom. The number of hydrogen-bond donors (Lipinski definition) is 1. The molecule has 1 atom stereocenters. The van der Waals surface area contributed by atoms with E-state index in [0.29, 0.717) is 31.5 Å². The van der Waals surface area contributed by atoms with Crippen LogP contribution >= 0.6 is 0 Å². The van der Waals surface area contributed by atoms with Crippen LogP contribution < -0.4 is 5.32 Å². The second-order valence-corrected chi connectivity index (χ2v) is 9.97. The summed E-state index contributed by atoms with van der Waals surface area (Å²) in [7, 11) is -0.289. The second-order valence-electron chi connectivity index (χ2n) is 7.74. The van der Waals surface area contributed by atoms with Crippen LogP contribution in [0.1, 0.15) is 37.0 Å². The highest BCUT2D eigenvalue weighted by Gasteiger charge is 2.33. The minimum atomic E-state index is -3.59. The maximum atomic E-state index is 13.1. The number of amides is 3. The lowest BCUT2D eigenvalue weighted by molar-refractivity contribution is 0.0827. The Morgan fingerprint density at radius 2 is 1.77 bits per heavy atom. The summed E-state index contributed by atoms with van der Waals surface area (Å²) in [4.78, 5) is 30.0. The predicted octanol–water partition coefficient (Wildman–Crippen LogP) is 1.68. The van der Waals surface area contributed by atoms with Crippen LogP contribution in [0.15, 0.2) is 29.2 Å². The molecule has 8 nitrogen and oxygen atoms in total. The Kier molecular flexibility index (Phi) is 8.66. The number of benzene rings is 1. The van der Waals surface area contributed by atoms with Crippen molar-refractivity contribution in [3.05, 3.63) is 29.8 Å². The molecule has 0 bridgehead atoms. The van der Waals surface area contributed by atoms with E-state index in [1.54, 1.807) is 19.0 Å². The van der Waals surface area contributed by atoms with Gasteiger partial charge in [-0.05, 0) is 50.2 Å². The summed E-state index contributed by atoms with van der Waals surface area (Å²) < 4.78 is 26.2. The van der Waals surface area contributed by atoms with Gasteiger partial charge in [0, 0.05) is 45.8 Å². The fraction of sp³-hybridized carbons (Fsp3) is 0.619. The number of carbonyl (C=O) groups excluding carboxylic acids is 2. The van der Waals surface area contributed by atoms with Crippen LogP contribution in [0.25, 0.3) is 0 Å². The Balaban J connectivity index is 2.01. The van der Waals surface area contributed by atoms with E-state index in [0.717, 1.165) is 19.6 Å². The van der Waals surface area contributed by atoms with Crippen LogP contribution in [0.3, 0.4) is 0 Å². The first kappa shape index (κ1) is 24.1. The lowest BCUT2D eigenvalue weighted by Crippen LogP contribution is -2.50. The summed E-state index contributed by atoms with van der Waals surface area (Å²) >= 11 is 0. The Morgan fingerprint density at radius 1 is 1.13 bits per heavy atom. The molecule has 1 N–H and O–H groups in total. The molecule has 30 heavy (non-hydrogen) atoms. The molecule has 0 radical (unpaired) electrons. The standard InChI is InChI=1S/C21H34N4O4S/c1-5-24(6-2)15-13-22-21(27)25-14-7-8-19(16-25)30(28,29)18-11-9-17(10-12-18)20(26)23(3)4/h9-12,19H,5-8,13-16H2,1-4H3,(H,22,27). The van der Waals surface area contributed by atoms with Gasteiger partial charge in [-0.25, -0.2) is 13.2 Å². The third-order valence-electron chi connectivity index (χ3n) is 5.54. The molecular weight excluding hydrogens is 404 g/mol. The zero-order valence-electron chi connectivity index (χ0n) is 18.4. The van der Waals surface area contributed by atoms with Crippen molar-refractivity contribution in [2.75, 3.05) is 53.4 Å². The Bertz CT molecular complexity index is 820. The van der Waals surface area contributed by atoms with E-state index in [-0.39, 0.29) is 23.4 Å². The average molecular weight is 439 g/mol. The molecule has 0 spiro atoms. The van der Waals surface area contributed by atoms with Crippen LogP contribution in [0.4, 0.5) is 4.79 Å². The molecule has 9 heteroatoms. The highest BCUT2D eigenvalue weighted by atomic mass is 32.2. The molecule has 1 saturated heterocycles. The van der Waals surface area contributed by atoms with Crippen molar-refractivity contribution >= 4 is 21.8 Å². The summed E-state index contributed by atoms with van der Waals surface area (Å²) in [6.45, 7) is 8.05. The van der Waals surface area contributed by atoms with Gasteiger partial charge in [0.1, 0.15) is 0 Å². The number of rotatable bonds is 8. The number of nitrogens with one attached hydrogen (secondary N) is 1. The largest absolute Gasteiger partial charge is 0.345 e. The molecule has 168 valence electrons. The minimum absolute atomic E-state index is 0.177. The summed E-state index contributed by atoms with van der Waals surface area (Å²) in [5.41, 5.74) is 0.441. The SMILES string of the molecule is CCN(CC)CCNC(=O)N1CCCC(S(=O)(=O)c2ccc(C(=O)N(C)C)cc2)C1. The molecule has 0 saturated carbocycles. The van der Waals surface area contributed by atoms with E-state index in [1.807, 2.05) is 0 Å². The van der Waals surface area contributed by atoms with Gasteiger partial charge < -0.3 is 20.0 Å². The van der Waals surface area contributed by atoms with E-state index in [1.165, 1.54) is 29.2 Å². The molecule has 1 unspecified atom stereocenters. The smallest absolute Gasteiger partial charge is 0.317 e. The van der Waals surface area contributed by atoms with Gasteiger partial charge in [-0.3, -0.25) is 4.79 Å². The first-order chi connectivity index (χ1) is 14.2. The number of likely N-dealkylation sites (tertiary alicyclic amines) is 1. The monoisotopic (exact) mass is 438 g/mol. The van der Waals surface area contributed by atoms with Crippen LogP contribution in [-0.4, -0.2) is 93.7 Å². The van der Waals surface area contributed by atoms with Gasteiger partial charge in [0.05, 0.1) is 10.1 Å². The zero-order valence-corrected chi connectivity index (χ0v) is 19.2. The van der Waals surface area contributed by atoms with E-state index in [2.05, 4.69) is 24.1 Å². The molecule has 1 aromatic rings. The van der Waals surface area contributed by atoms with Crippen LogP contribution in [0.2, 0.25) is 0 Å². The van der Waals surface area contributed by atoms with E-state index >= 15 is 0 Å². The molecule has 1 fully saturated rings. The molecule has 0 aliphatic carbocycles. The van der Waals surface area contributed by atoms with Crippen LogP contribution in [0, 0.1) is 0 Å². The van der Waals surface area contributed by atoms with E-state index in [9.17, 15) is 18.0 Å². The van der Waals surface area contributed by atoms with Gasteiger partial charge in [-0.1, -0.05) is 13.8 Å². The topological polar surface area (TPSA) is 90.0 Å². The number of urea groups is 1. The number of nitrogens with zero attached hydrogens (tertiary/aromatic N) is 3. The van der Waals surface area contributed by atoms with Crippen LogP contribution in [-0.2, 0) is 9.84 Å². The highest BCUT2D eigenvalue weighted by molar-refractivity contribution is 7.92. The summed E-state index contributed by atoms with van der Waals surface area (Å²) in [5.74, 6) is -0.177. The quantitative estimate of drug-likeness (QED) is 0.667. The molecule has 2 rings (SSSR count). The van der Waals surface area contributed by atoms with Crippen molar-refractivity contribution in [2.45, 2.75) is 36.8 Å². The van der Waals surface area contributed by atoms with Crippen molar-refractivity contribution in [1.82, 2.24) is 20.0 Å². The van der Waals surface area contributed by atoms with Gasteiger partial charge in [0.25, 0.3) is 5.91 Å². The Hall–Kier alpha value is -2.13. The molecule has 3 amide bonds. The van der Waals surface area contributed by atoms with Gasteiger partial charge >= 0.3 is 6.03 Å². The minimum Gasteiger partial charge on any atom is -0.345 e. The second kappa shape index (κ2) is 10.8. The molecule has 1 aliphatic heterocycles. The first-order valence-corrected chi connectivity index (χ1v) is 12.1. The van der Waals surface area contributed by atoms with Crippen LogP contribution in [0.5, 0.6) is 0 Å². The Labute approximate surface area is 180 Å². The lowest BCUT2D eigenvalue weighted by Gasteiger charge is -2.32. The number of hydrogen-bond acceptors (Lipinski definition) is 5. The maximum absolute atomic E-state index is 13.1. The van der Waals surface area contributed by atoms with Crippen molar-refractivity contribution in [1.29, 1.82) is 0 Å². The third kappa shape index (κ3) is 5.95. The zero-order chi connectivity index (χ0) is 22.3. The average Bonchev–Trinajstić information content (AvgIpc) is 2.76. The number of carbonyl (C=O) groups is 2. The molecule has 1 heterocycles. The van der Waals surface area contributed by atoms with Gasteiger partial charge in [0.2, 0.25) is 0 Å². The highest BCUT2D eigenvalue weighted by Crippen LogP contribution is 2.24. The fourth-order valence-electron chi connectivity index (χ4n) is 3.59. The maximum Gasteiger partial charge on any atom is 0.317 e. The third-order valence-corrected chi connectivity index (χ3v) is 7.73. The molecule has 1 aromatic carbocycles. The first-order valence-electron chi connectivity index (χ1n) is 10.5. The summed E-state index contributed by atoms with van der Waals surface area (Å²) in [6, 6.07) is 5.82. The number of sulfone groups is 1. The van der Waals surface area contributed by atoms with Crippen molar-refractivity contribution < 1.29 is 18.0 Å². The number of piperidine rings is 1. The molecular formula is C21H34N4O4S. The predicted molar refractivity (Wildman–Crippen MR) is 117 cm³/mol. The van der Waals surface area contributed by atoms with Gasteiger partial charge in [0.15, 0.2) is 9.84 Å². The lowest BCUT2D eigenvalue weighted by atomic mass is 10.1.